The van der Waals surface area contributed by atoms with Crippen molar-refractivity contribution in [3.63, 3.8) is 0 Å². The number of nitrogens with one attached hydrogen (secondary N) is 1. The van der Waals surface area contributed by atoms with Gasteiger partial charge < -0.3 is 10.1 Å². The molecule has 1 aromatic rings. The number of rotatable bonds is 11. The van der Waals surface area contributed by atoms with Crippen molar-refractivity contribution in [1.82, 2.24) is 9.78 Å². The Morgan fingerprint density at radius 3 is 2.67 bits per heavy atom. The number of hydrogen-bond acceptors (Lipinski definition) is 4. The largest absolute Gasteiger partial charge is 0.382 e. The van der Waals surface area contributed by atoms with Crippen LogP contribution in [0.4, 0.5) is 5.69 Å². The Labute approximate surface area is 131 Å². The number of aromatic nitrogens is 2. The molecule has 21 heavy (non-hydrogen) atoms. The summed E-state index contributed by atoms with van der Waals surface area (Å²) in [5, 5.41) is 7.50. The van der Waals surface area contributed by atoms with Gasteiger partial charge in [0.1, 0.15) is 5.02 Å². The Hall–Kier alpha value is -1.07. The molecule has 0 saturated heterocycles. The number of nitrogens with zero attached hydrogens (tertiary/aromatic N) is 2. The molecule has 0 bridgehead atoms. The van der Waals surface area contributed by atoms with Crippen LogP contribution >= 0.6 is 11.6 Å². The molecule has 5 nitrogen and oxygen atoms in total. The predicted molar refractivity (Wildman–Crippen MR) is 87.2 cm³/mol. The molecule has 0 atom stereocenters. The molecule has 0 aliphatic heterocycles. The Morgan fingerprint density at radius 1 is 1.24 bits per heavy atom. The van der Waals surface area contributed by atoms with Gasteiger partial charge in [-0.1, -0.05) is 38.3 Å². The van der Waals surface area contributed by atoms with Gasteiger partial charge >= 0.3 is 0 Å². The van der Waals surface area contributed by atoms with E-state index in [2.05, 4.69) is 24.3 Å². The normalized spacial score (nSPS) is 10.8. The van der Waals surface area contributed by atoms with Gasteiger partial charge in [-0.15, -0.1) is 0 Å². The molecule has 6 heteroatoms. The second-order valence-corrected chi connectivity index (χ2v) is 5.38. The van der Waals surface area contributed by atoms with Crippen LogP contribution in [-0.2, 0) is 11.3 Å². The first-order valence-electron chi connectivity index (χ1n) is 7.77. The molecule has 1 heterocycles. The summed E-state index contributed by atoms with van der Waals surface area (Å²) < 4.78 is 6.90. The number of anilines is 1. The molecule has 0 radical (unpaired) electrons. The van der Waals surface area contributed by atoms with Crippen LogP contribution in [0.1, 0.15) is 46.0 Å². The first kappa shape index (κ1) is 18.0. The van der Waals surface area contributed by atoms with Gasteiger partial charge in [-0.3, -0.25) is 4.79 Å². The molecule has 0 saturated carbocycles. The average molecular weight is 316 g/mol. The molecule has 0 amide bonds. The summed E-state index contributed by atoms with van der Waals surface area (Å²) in [7, 11) is 0. The first-order chi connectivity index (χ1) is 10.2. The lowest BCUT2D eigenvalue weighted by Gasteiger charge is -2.10. The van der Waals surface area contributed by atoms with Crippen LogP contribution in [0.25, 0.3) is 0 Å². The smallest absolute Gasteiger partial charge is 0.287 e. The van der Waals surface area contributed by atoms with E-state index in [0.29, 0.717) is 25.4 Å². The van der Waals surface area contributed by atoms with E-state index in [-0.39, 0.29) is 10.6 Å². The highest BCUT2D eigenvalue weighted by Gasteiger charge is 2.08. The topological polar surface area (TPSA) is 56.1 Å². The maximum Gasteiger partial charge on any atom is 0.287 e. The molecule has 0 spiro atoms. The third kappa shape index (κ3) is 6.48. The number of unbranched alkanes of at least 4 members (excludes halogenated alkanes) is 2. The summed E-state index contributed by atoms with van der Waals surface area (Å²) in [6.07, 6.45) is 6.68. The van der Waals surface area contributed by atoms with E-state index in [1.165, 1.54) is 4.68 Å². The van der Waals surface area contributed by atoms with Gasteiger partial charge in [-0.2, -0.15) is 5.10 Å². The molecule has 120 valence electrons. The molecule has 1 N–H and O–H groups in total. The second kappa shape index (κ2) is 10.6. The average Bonchev–Trinajstić information content (AvgIpc) is 2.49. The van der Waals surface area contributed by atoms with Gasteiger partial charge in [0, 0.05) is 26.3 Å². The first-order valence-corrected chi connectivity index (χ1v) is 8.15. The summed E-state index contributed by atoms with van der Waals surface area (Å²) in [5.41, 5.74) is 0.372. The minimum absolute atomic E-state index is 0.216. The van der Waals surface area contributed by atoms with Crippen molar-refractivity contribution < 1.29 is 4.74 Å². The third-order valence-corrected chi connectivity index (χ3v) is 3.50. The fraction of sp³-hybridized carbons (Fsp3) is 0.733. The molecular formula is C15H26ClN3O2. The molecule has 0 aromatic carbocycles. The number of hydrogen-bond donors (Lipinski definition) is 1. The van der Waals surface area contributed by atoms with Gasteiger partial charge in [0.2, 0.25) is 0 Å². The van der Waals surface area contributed by atoms with Crippen molar-refractivity contribution in [1.29, 1.82) is 0 Å². The number of halogens is 1. The van der Waals surface area contributed by atoms with Crippen molar-refractivity contribution in [2.45, 2.75) is 52.5 Å². The monoisotopic (exact) mass is 315 g/mol. The molecule has 0 aliphatic rings. The molecule has 1 aromatic heterocycles. The standard InChI is InChI=1S/C15H26ClN3O2/c1-3-5-9-19-15(20)14(16)13(12-18-19)17-8-7-11-21-10-6-4-2/h12,17H,3-11H2,1-2H3. The van der Waals surface area contributed by atoms with Crippen LogP contribution in [0, 0.1) is 0 Å². The van der Waals surface area contributed by atoms with Crippen LogP contribution in [0.15, 0.2) is 11.0 Å². The summed E-state index contributed by atoms with van der Waals surface area (Å²) in [4.78, 5) is 12.0. The van der Waals surface area contributed by atoms with E-state index in [9.17, 15) is 4.79 Å². The Morgan fingerprint density at radius 2 is 1.95 bits per heavy atom. The van der Waals surface area contributed by atoms with Crippen LogP contribution in [0.2, 0.25) is 5.02 Å². The van der Waals surface area contributed by atoms with E-state index < -0.39 is 0 Å². The third-order valence-electron chi connectivity index (χ3n) is 3.13. The molecule has 0 unspecified atom stereocenters. The quantitative estimate of drug-likeness (QED) is 0.636. The van der Waals surface area contributed by atoms with Gasteiger partial charge in [0.25, 0.3) is 5.56 Å². The van der Waals surface area contributed by atoms with Crippen LogP contribution < -0.4 is 10.9 Å². The lowest BCUT2D eigenvalue weighted by Crippen LogP contribution is -2.24. The van der Waals surface area contributed by atoms with E-state index in [0.717, 1.165) is 38.7 Å². The van der Waals surface area contributed by atoms with Crippen molar-refractivity contribution >= 4 is 17.3 Å². The zero-order valence-electron chi connectivity index (χ0n) is 13.0. The number of ether oxygens (including phenoxy) is 1. The van der Waals surface area contributed by atoms with E-state index in [1.807, 2.05) is 0 Å². The van der Waals surface area contributed by atoms with Gasteiger partial charge in [0.05, 0.1) is 11.9 Å². The minimum Gasteiger partial charge on any atom is -0.382 e. The summed E-state index contributed by atoms with van der Waals surface area (Å²) in [6.45, 7) is 7.07. The van der Waals surface area contributed by atoms with Crippen LogP contribution in [0.3, 0.4) is 0 Å². The summed E-state index contributed by atoms with van der Waals surface area (Å²) in [6, 6.07) is 0. The minimum atomic E-state index is -0.227. The summed E-state index contributed by atoms with van der Waals surface area (Å²) >= 11 is 6.09. The van der Waals surface area contributed by atoms with Crippen molar-refractivity contribution in [3.05, 3.63) is 21.6 Å². The SMILES string of the molecule is CCCCOCCCNc1cnn(CCCC)c(=O)c1Cl. The Balaban J connectivity index is 2.38. The van der Waals surface area contributed by atoms with Crippen molar-refractivity contribution in [3.8, 4) is 0 Å². The fourth-order valence-corrected chi connectivity index (χ4v) is 2.01. The van der Waals surface area contributed by atoms with Gasteiger partial charge in [-0.05, 0) is 19.3 Å². The highest BCUT2D eigenvalue weighted by atomic mass is 35.5. The molecular weight excluding hydrogens is 290 g/mol. The second-order valence-electron chi connectivity index (χ2n) is 5.00. The maximum atomic E-state index is 12.0. The van der Waals surface area contributed by atoms with E-state index >= 15 is 0 Å². The van der Waals surface area contributed by atoms with Gasteiger partial charge in [-0.25, -0.2) is 4.68 Å². The number of aryl methyl sites for hydroxylation is 1. The lowest BCUT2D eigenvalue weighted by atomic mass is 10.3. The fourth-order valence-electron chi connectivity index (χ4n) is 1.80. The van der Waals surface area contributed by atoms with E-state index in [4.69, 9.17) is 16.3 Å². The van der Waals surface area contributed by atoms with Crippen molar-refractivity contribution in [2.75, 3.05) is 25.1 Å². The van der Waals surface area contributed by atoms with Crippen molar-refractivity contribution in [2.24, 2.45) is 0 Å². The Kier molecular flexibility index (Phi) is 9.10. The van der Waals surface area contributed by atoms with Crippen LogP contribution in [0.5, 0.6) is 0 Å². The molecule has 0 aliphatic carbocycles. The summed E-state index contributed by atoms with van der Waals surface area (Å²) in [5.74, 6) is 0. The maximum absolute atomic E-state index is 12.0. The predicted octanol–water partition coefficient (Wildman–Crippen LogP) is 3.32. The highest BCUT2D eigenvalue weighted by Crippen LogP contribution is 2.15. The van der Waals surface area contributed by atoms with E-state index in [1.54, 1.807) is 6.20 Å². The molecule has 0 fully saturated rings. The zero-order valence-corrected chi connectivity index (χ0v) is 13.8. The Bertz CT molecular complexity index is 463. The van der Waals surface area contributed by atoms with Gasteiger partial charge in [0.15, 0.2) is 0 Å². The molecule has 1 rings (SSSR count). The zero-order chi connectivity index (χ0) is 15.5. The van der Waals surface area contributed by atoms with Crippen LogP contribution in [-0.4, -0.2) is 29.5 Å². The highest BCUT2D eigenvalue weighted by molar-refractivity contribution is 6.32. The lowest BCUT2D eigenvalue weighted by molar-refractivity contribution is 0.131.